The molecular weight excluding hydrogens is 182 g/mol. The monoisotopic (exact) mass is 197 g/mol. The molecule has 0 atom stereocenters. The second-order valence-corrected chi connectivity index (χ2v) is 3.02. The maximum absolute atomic E-state index is 4.34. The molecule has 0 aromatic carbocycles. The first-order valence-corrected chi connectivity index (χ1v) is 4.81. The summed E-state index contributed by atoms with van der Waals surface area (Å²) in [6, 6.07) is 1.92. The van der Waals surface area contributed by atoms with Crippen molar-refractivity contribution in [2.24, 2.45) is 0 Å². The lowest BCUT2D eigenvalue weighted by atomic mass is 10.0. The summed E-state index contributed by atoms with van der Waals surface area (Å²) in [5, 5.41) is 0. The Morgan fingerprint density at radius 1 is 1.27 bits per heavy atom. The van der Waals surface area contributed by atoms with Crippen molar-refractivity contribution in [3.05, 3.63) is 61.0 Å². The first-order valence-electron chi connectivity index (χ1n) is 4.81. The van der Waals surface area contributed by atoms with E-state index in [0.717, 1.165) is 22.4 Å². The Labute approximate surface area is 91.2 Å². The van der Waals surface area contributed by atoms with E-state index >= 15 is 0 Å². The fraction of sp³-hybridized carbons (Fsp3) is 0.0714. The van der Waals surface area contributed by atoms with Crippen LogP contribution in [-0.2, 0) is 0 Å². The van der Waals surface area contributed by atoms with E-state index < -0.39 is 0 Å². The van der Waals surface area contributed by atoms with Crippen LogP contribution < -0.4 is 0 Å². The van der Waals surface area contributed by atoms with E-state index in [4.69, 9.17) is 0 Å². The highest BCUT2D eigenvalue weighted by atomic mass is 14.7. The van der Waals surface area contributed by atoms with Gasteiger partial charge < -0.3 is 0 Å². The molecule has 0 bridgehead atoms. The lowest BCUT2D eigenvalue weighted by Gasteiger charge is -2.08. The molecule has 1 heteroatoms. The zero-order valence-corrected chi connectivity index (χ0v) is 9.03. The smallest absolute Gasteiger partial charge is 0.0776 e. The molecule has 15 heavy (non-hydrogen) atoms. The molecule has 1 rings (SSSR count). The van der Waals surface area contributed by atoms with Crippen LogP contribution in [0.3, 0.4) is 0 Å². The molecular formula is C14H15N. The quantitative estimate of drug-likeness (QED) is 0.666. The van der Waals surface area contributed by atoms with Crippen molar-refractivity contribution in [2.75, 3.05) is 0 Å². The summed E-state index contributed by atoms with van der Waals surface area (Å²) in [5.41, 5.74) is 3.95. The highest BCUT2D eigenvalue weighted by molar-refractivity contribution is 5.80. The molecule has 76 valence electrons. The van der Waals surface area contributed by atoms with Crippen LogP contribution in [0.1, 0.15) is 23.7 Å². The van der Waals surface area contributed by atoms with Crippen molar-refractivity contribution >= 4 is 17.7 Å². The molecule has 1 nitrogen and oxygen atoms in total. The lowest BCUT2D eigenvalue weighted by molar-refractivity contribution is 1.26. The molecule has 0 aliphatic rings. The van der Waals surface area contributed by atoms with E-state index in [1.807, 2.05) is 19.1 Å². The van der Waals surface area contributed by atoms with E-state index in [-0.39, 0.29) is 0 Å². The van der Waals surface area contributed by atoms with Gasteiger partial charge in [-0.3, -0.25) is 4.98 Å². The van der Waals surface area contributed by atoms with E-state index in [1.165, 1.54) is 0 Å². The van der Waals surface area contributed by atoms with E-state index in [9.17, 15) is 0 Å². The highest BCUT2D eigenvalue weighted by Crippen LogP contribution is 2.22. The summed E-state index contributed by atoms with van der Waals surface area (Å²) in [6.45, 7) is 13.3. The van der Waals surface area contributed by atoms with Gasteiger partial charge in [0.15, 0.2) is 0 Å². The third kappa shape index (κ3) is 2.13. The summed E-state index contributed by atoms with van der Waals surface area (Å²) in [7, 11) is 0. The minimum absolute atomic E-state index is 0.903. The summed E-state index contributed by atoms with van der Waals surface area (Å²) < 4.78 is 0. The topological polar surface area (TPSA) is 12.9 Å². The number of nitrogens with zero attached hydrogens (tertiary/aromatic N) is 1. The van der Waals surface area contributed by atoms with Gasteiger partial charge in [-0.2, -0.15) is 0 Å². The molecule has 0 unspecified atom stereocenters. The molecule has 1 aromatic rings. The molecule has 1 heterocycles. The molecule has 0 saturated heterocycles. The number of aromatic nitrogens is 1. The maximum atomic E-state index is 4.34. The predicted molar refractivity (Wildman–Crippen MR) is 68.3 cm³/mol. The fourth-order valence-electron chi connectivity index (χ4n) is 1.46. The largest absolute Gasteiger partial charge is 0.256 e. The Morgan fingerprint density at radius 3 is 2.47 bits per heavy atom. The zero-order valence-electron chi connectivity index (χ0n) is 9.03. The highest BCUT2D eigenvalue weighted by Gasteiger charge is 2.06. The first-order chi connectivity index (χ1) is 7.28. The van der Waals surface area contributed by atoms with Crippen molar-refractivity contribution in [2.45, 2.75) is 6.92 Å². The van der Waals surface area contributed by atoms with E-state index in [1.54, 1.807) is 24.4 Å². The van der Waals surface area contributed by atoms with Gasteiger partial charge in [0.2, 0.25) is 0 Å². The van der Waals surface area contributed by atoms with Gasteiger partial charge >= 0.3 is 0 Å². The molecule has 0 aliphatic carbocycles. The van der Waals surface area contributed by atoms with Gasteiger partial charge in [-0.25, -0.2) is 0 Å². The number of hydrogen-bond donors (Lipinski definition) is 0. The lowest BCUT2D eigenvalue weighted by Crippen LogP contribution is -1.94. The van der Waals surface area contributed by atoms with E-state index in [0.29, 0.717) is 0 Å². The summed E-state index contributed by atoms with van der Waals surface area (Å²) in [4.78, 5) is 4.34. The van der Waals surface area contributed by atoms with Crippen molar-refractivity contribution in [3.8, 4) is 0 Å². The van der Waals surface area contributed by atoms with Crippen molar-refractivity contribution in [3.63, 3.8) is 0 Å². The van der Waals surface area contributed by atoms with E-state index in [2.05, 4.69) is 24.7 Å². The Balaban J connectivity index is 3.47. The van der Waals surface area contributed by atoms with Gasteiger partial charge in [0, 0.05) is 11.8 Å². The summed E-state index contributed by atoms with van der Waals surface area (Å²) in [6.07, 6.45) is 9.15. The Bertz CT molecular complexity index is 425. The molecule has 0 aliphatic heterocycles. The van der Waals surface area contributed by atoms with Crippen molar-refractivity contribution < 1.29 is 0 Å². The molecule has 0 fully saturated rings. The van der Waals surface area contributed by atoms with Gasteiger partial charge in [0.1, 0.15) is 0 Å². The normalized spacial score (nSPS) is 10.9. The van der Waals surface area contributed by atoms with Crippen LogP contribution in [0.25, 0.3) is 17.7 Å². The second kappa shape index (κ2) is 5.11. The minimum Gasteiger partial charge on any atom is -0.256 e. The fourth-order valence-corrected chi connectivity index (χ4v) is 1.46. The number of allylic oxidation sites excluding steroid dienone is 3. The van der Waals surface area contributed by atoms with Crippen LogP contribution in [0.2, 0.25) is 0 Å². The van der Waals surface area contributed by atoms with Crippen LogP contribution in [-0.4, -0.2) is 4.98 Å². The number of rotatable bonds is 4. The third-order valence-corrected chi connectivity index (χ3v) is 2.25. The van der Waals surface area contributed by atoms with Crippen molar-refractivity contribution in [1.29, 1.82) is 0 Å². The number of hydrogen-bond acceptors (Lipinski definition) is 1. The second-order valence-electron chi connectivity index (χ2n) is 3.02. The Hall–Kier alpha value is -1.89. The Morgan fingerprint density at radius 2 is 2.00 bits per heavy atom. The molecule has 0 amide bonds. The predicted octanol–water partition coefficient (Wildman–Crippen LogP) is 3.96. The Kier molecular flexibility index (Phi) is 3.81. The summed E-state index contributed by atoms with van der Waals surface area (Å²) in [5.74, 6) is 0. The molecule has 0 spiro atoms. The van der Waals surface area contributed by atoms with Crippen LogP contribution in [0.5, 0.6) is 0 Å². The van der Waals surface area contributed by atoms with Crippen LogP contribution in [0, 0.1) is 0 Å². The van der Waals surface area contributed by atoms with Crippen LogP contribution in [0.4, 0.5) is 0 Å². The SMILES string of the molecule is C=C/C(=C\C)c1nccc(C=C)c1C=C. The first kappa shape index (κ1) is 11.2. The number of pyridine rings is 1. The molecule has 0 radical (unpaired) electrons. The average molecular weight is 197 g/mol. The van der Waals surface area contributed by atoms with Crippen molar-refractivity contribution in [1.82, 2.24) is 4.98 Å². The summed E-state index contributed by atoms with van der Waals surface area (Å²) >= 11 is 0. The van der Waals surface area contributed by atoms with Gasteiger partial charge in [0.05, 0.1) is 5.69 Å². The molecule has 0 N–H and O–H groups in total. The van der Waals surface area contributed by atoms with Gasteiger partial charge in [-0.05, 0) is 24.1 Å². The van der Waals surface area contributed by atoms with Gasteiger partial charge in [-0.1, -0.05) is 44.0 Å². The van der Waals surface area contributed by atoms with Crippen LogP contribution in [0.15, 0.2) is 44.2 Å². The minimum atomic E-state index is 0.903. The molecule has 1 aromatic heterocycles. The van der Waals surface area contributed by atoms with Crippen LogP contribution >= 0.6 is 0 Å². The van der Waals surface area contributed by atoms with Gasteiger partial charge in [-0.15, -0.1) is 0 Å². The van der Waals surface area contributed by atoms with Gasteiger partial charge in [0.25, 0.3) is 0 Å². The third-order valence-electron chi connectivity index (χ3n) is 2.25. The standard InChI is InChI=1S/C14H15N/c1-5-11(6-2)14-13(8-4)12(7-3)9-10-15-14/h5-10H,1,3-4H2,2H3/b11-6+. The average Bonchev–Trinajstić information content (AvgIpc) is 2.30. The maximum Gasteiger partial charge on any atom is 0.0776 e. The zero-order chi connectivity index (χ0) is 11.3. The molecule has 0 saturated carbocycles.